The Morgan fingerprint density at radius 2 is 2.17 bits per heavy atom. The van der Waals surface area contributed by atoms with Crippen molar-refractivity contribution in [2.75, 3.05) is 13.1 Å². The molecule has 1 heterocycles. The van der Waals surface area contributed by atoms with Crippen molar-refractivity contribution in [2.24, 2.45) is 0 Å². The molecule has 0 saturated heterocycles. The Labute approximate surface area is 106 Å². The molecular weight excluding hydrogens is 228 g/mol. The van der Waals surface area contributed by atoms with Crippen molar-refractivity contribution >= 4 is 16.9 Å². The molecule has 18 heavy (non-hydrogen) atoms. The molecule has 1 aromatic heterocycles. The summed E-state index contributed by atoms with van der Waals surface area (Å²) in [6, 6.07) is 7.95. The number of benzene rings is 1. The first kappa shape index (κ1) is 12.6. The van der Waals surface area contributed by atoms with Gasteiger partial charge in [0.1, 0.15) is 5.58 Å². The molecule has 4 nitrogen and oxygen atoms in total. The zero-order valence-corrected chi connectivity index (χ0v) is 10.5. The van der Waals surface area contributed by atoms with Crippen molar-refractivity contribution in [2.45, 2.75) is 19.9 Å². The second kappa shape index (κ2) is 6.21. The van der Waals surface area contributed by atoms with E-state index in [9.17, 15) is 4.79 Å². The number of carbonyl (C=O) groups is 1. The van der Waals surface area contributed by atoms with Crippen LogP contribution in [-0.2, 0) is 11.3 Å². The van der Waals surface area contributed by atoms with E-state index in [-0.39, 0.29) is 5.91 Å². The summed E-state index contributed by atoms with van der Waals surface area (Å²) in [7, 11) is 0. The average molecular weight is 246 g/mol. The van der Waals surface area contributed by atoms with Gasteiger partial charge in [-0.2, -0.15) is 0 Å². The first-order valence-corrected chi connectivity index (χ1v) is 6.23. The van der Waals surface area contributed by atoms with Crippen LogP contribution in [0.5, 0.6) is 0 Å². The summed E-state index contributed by atoms with van der Waals surface area (Å²) in [5.41, 5.74) is 2.03. The molecule has 0 unspecified atom stereocenters. The first-order chi connectivity index (χ1) is 8.81. The lowest BCUT2D eigenvalue weighted by Crippen LogP contribution is -2.27. The van der Waals surface area contributed by atoms with Gasteiger partial charge in [-0.3, -0.25) is 4.79 Å². The predicted molar refractivity (Wildman–Crippen MR) is 71.2 cm³/mol. The van der Waals surface area contributed by atoms with Crippen LogP contribution >= 0.6 is 0 Å². The molecule has 0 aliphatic heterocycles. The molecule has 2 aromatic rings. The van der Waals surface area contributed by atoms with Crippen LogP contribution < -0.4 is 10.6 Å². The number of carbonyl (C=O) groups excluding carboxylic acids is 1. The van der Waals surface area contributed by atoms with E-state index in [1.54, 1.807) is 6.26 Å². The summed E-state index contributed by atoms with van der Waals surface area (Å²) in [5.74, 6) is 0.0852. The summed E-state index contributed by atoms with van der Waals surface area (Å²) >= 11 is 0. The number of para-hydroxylation sites is 1. The van der Waals surface area contributed by atoms with Crippen LogP contribution in [0.4, 0.5) is 0 Å². The Hall–Kier alpha value is -1.81. The highest BCUT2D eigenvalue weighted by molar-refractivity contribution is 5.80. The van der Waals surface area contributed by atoms with E-state index in [2.05, 4.69) is 10.6 Å². The van der Waals surface area contributed by atoms with Crippen molar-refractivity contribution in [3.05, 3.63) is 36.1 Å². The van der Waals surface area contributed by atoms with Gasteiger partial charge in [-0.15, -0.1) is 0 Å². The van der Waals surface area contributed by atoms with Crippen LogP contribution in [-0.4, -0.2) is 19.0 Å². The quantitative estimate of drug-likeness (QED) is 0.767. The van der Waals surface area contributed by atoms with Gasteiger partial charge >= 0.3 is 0 Å². The Kier molecular flexibility index (Phi) is 4.36. The SMILES string of the molecule is CCNC(=O)CCNCc1coc2ccccc12. The van der Waals surface area contributed by atoms with Crippen LogP contribution in [0.15, 0.2) is 34.9 Å². The number of amides is 1. The van der Waals surface area contributed by atoms with Crippen LogP contribution in [0, 0.1) is 0 Å². The molecule has 0 spiro atoms. The van der Waals surface area contributed by atoms with E-state index in [1.165, 1.54) is 0 Å². The number of hydrogen-bond acceptors (Lipinski definition) is 3. The minimum atomic E-state index is 0.0852. The van der Waals surface area contributed by atoms with E-state index < -0.39 is 0 Å². The third-order valence-corrected chi connectivity index (χ3v) is 2.78. The molecule has 2 rings (SSSR count). The fourth-order valence-corrected chi connectivity index (χ4v) is 1.88. The maximum atomic E-state index is 11.2. The molecule has 0 bridgehead atoms. The average Bonchev–Trinajstić information content (AvgIpc) is 2.78. The monoisotopic (exact) mass is 246 g/mol. The van der Waals surface area contributed by atoms with Crippen molar-refractivity contribution in [1.82, 2.24) is 10.6 Å². The highest BCUT2D eigenvalue weighted by Gasteiger charge is 2.04. The Balaban J connectivity index is 1.82. The van der Waals surface area contributed by atoms with Crippen LogP contribution in [0.25, 0.3) is 11.0 Å². The Bertz CT molecular complexity index is 519. The van der Waals surface area contributed by atoms with Crippen molar-refractivity contribution in [1.29, 1.82) is 0 Å². The van der Waals surface area contributed by atoms with E-state index in [0.717, 1.165) is 23.1 Å². The molecule has 1 amide bonds. The van der Waals surface area contributed by atoms with E-state index in [4.69, 9.17) is 4.42 Å². The number of rotatable bonds is 6. The molecule has 0 aliphatic carbocycles. The van der Waals surface area contributed by atoms with Crippen LogP contribution in [0.2, 0.25) is 0 Å². The maximum absolute atomic E-state index is 11.2. The first-order valence-electron chi connectivity index (χ1n) is 6.23. The van der Waals surface area contributed by atoms with Gasteiger partial charge in [0.05, 0.1) is 6.26 Å². The summed E-state index contributed by atoms with van der Waals surface area (Å²) in [5, 5.41) is 7.15. The molecule has 0 aliphatic rings. The van der Waals surface area contributed by atoms with Crippen molar-refractivity contribution in [3.8, 4) is 0 Å². The molecular formula is C14H18N2O2. The number of hydrogen-bond donors (Lipinski definition) is 2. The number of nitrogens with one attached hydrogen (secondary N) is 2. The fraction of sp³-hybridized carbons (Fsp3) is 0.357. The Morgan fingerprint density at radius 1 is 1.33 bits per heavy atom. The molecule has 1 aromatic carbocycles. The lowest BCUT2D eigenvalue weighted by Gasteiger charge is -2.03. The van der Waals surface area contributed by atoms with Gasteiger partial charge < -0.3 is 15.1 Å². The standard InChI is InChI=1S/C14H18N2O2/c1-2-16-14(17)7-8-15-9-11-10-18-13-6-4-3-5-12(11)13/h3-6,10,15H,2,7-9H2,1H3,(H,16,17). The third-order valence-electron chi connectivity index (χ3n) is 2.78. The summed E-state index contributed by atoms with van der Waals surface area (Å²) in [6.07, 6.45) is 2.27. The minimum Gasteiger partial charge on any atom is -0.464 e. The smallest absolute Gasteiger partial charge is 0.221 e. The Morgan fingerprint density at radius 3 is 3.00 bits per heavy atom. The molecule has 2 N–H and O–H groups in total. The lowest BCUT2D eigenvalue weighted by atomic mass is 10.2. The number of fused-ring (bicyclic) bond motifs is 1. The highest BCUT2D eigenvalue weighted by Crippen LogP contribution is 2.20. The largest absolute Gasteiger partial charge is 0.464 e. The summed E-state index contributed by atoms with van der Waals surface area (Å²) in [6.45, 7) is 4.00. The topological polar surface area (TPSA) is 54.3 Å². The fourth-order valence-electron chi connectivity index (χ4n) is 1.88. The molecule has 0 radical (unpaired) electrons. The lowest BCUT2D eigenvalue weighted by molar-refractivity contribution is -0.120. The zero-order valence-electron chi connectivity index (χ0n) is 10.5. The molecule has 0 fully saturated rings. The van der Waals surface area contributed by atoms with Crippen molar-refractivity contribution in [3.63, 3.8) is 0 Å². The molecule has 4 heteroatoms. The summed E-state index contributed by atoms with van der Waals surface area (Å²) in [4.78, 5) is 11.2. The van der Waals surface area contributed by atoms with Gasteiger partial charge in [0.15, 0.2) is 0 Å². The minimum absolute atomic E-state index is 0.0852. The van der Waals surface area contributed by atoms with Gasteiger partial charge in [0.2, 0.25) is 5.91 Å². The van der Waals surface area contributed by atoms with Gasteiger partial charge in [0, 0.05) is 37.0 Å². The maximum Gasteiger partial charge on any atom is 0.221 e. The second-order valence-corrected chi connectivity index (χ2v) is 4.14. The van der Waals surface area contributed by atoms with Crippen LogP contribution in [0.3, 0.4) is 0 Å². The molecule has 0 atom stereocenters. The molecule has 96 valence electrons. The zero-order chi connectivity index (χ0) is 12.8. The van der Waals surface area contributed by atoms with Gasteiger partial charge in [-0.1, -0.05) is 18.2 Å². The predicted octanol–water partition coefficient (Wildman–Crippen LogP) is 2.05. The second-order valence-electron chi connectivity index (χ2n) is 4.14. The normalized spacial score (nSPS) is 10.7. The van der Waals surface area contributed by atoms with E-state index in [1.807, 2.05) is 31.2 Å². The van der Waals surface area contributed by atoms with Crippen LogP contribution in [0.1, 0.15) is 18.9 Å². The van der Waals surface area contributed by atoms with Gasteiger partial charge in [-0.05, 0) is 13.0 Å². The van der Waals surface area contributed by atoms with Gasteiger partial charge in [0.25, 0.3) is 0 Å². The van der Waals surface area contributed by atoms with Gasteiger partial charge in [-0.25, -0.2) is 0 Å². The van der Waals surface area contributed by atoms with E-state index >= 15 is 0 Å². The number of furan rings is 1. The molecule has 0 saturated carbocycles. The highest BCUT2D eigenvalue weighted by atomic mass is 16.3. The summed E-state index contributed by atoms with van der Waals surface area (Å²) < 4.78 is 5.45. The van der Waals surface area contributed by atoms with Crippen molar-refractivity contribution < 1.29 is 9.21 Å². The third kappa shape index (κ3) is 3.11. The van der Waals surface area contributed by atoms with E-state index in [0.29, 0.717) is 19.5 Å².